The summed E-state index contributed by atoms with van der Waals surface area (Å²) in [5.74, 6) is -1.38. The molecule has 1 radical (unpaired) electrons. The molecular weight excluding hydrogens is 96.0 g/mol. The van der Waals surface area contributed by atoms with E-state index in [-0.39, 0.29) is 0 Å². The lowest BCUT2D eigenvalue weighted by molar-refractivity contribution is -0.146. The summed E-state index contributed by atoms with van der Waals surface area (Å²) in [5.41, 5.74) is 0. The number of hydrogen-bond acceptors (Lipinski definition) is 1. The number of rotatable bonds is 2. The molecule has 0 heterocycles. The van der Waals surface area contributed by atoms with Crippen molar-refractivity contribution >= 4 is 5.97 Å². The number of hydrogen-bond donors (Lipinski definition) is 1. The molecule has 0 aliphatic carbocycles. The molecule has 1 unspecified atom stereocenters. The van der Waals surface area contributed by atoms with Crippen molar-refractivity contribution in [3.63, 3.8) is 0 Å². The Kier molecular flexibility index (Phi) is 2.08. The Hall–Kier alpha value is -0.830. The quantitative estimate of drug-likeness (QED) is 0.500. The Morgan fingerprint density at radius 1 is 1.86 bits per heavy atom. The molecule has 0 aliphatic rings. The van der Waals surface area contributed by atoms with Gasteiger partial charge in [-0.05, 0) is 6.08 Å². The Bertz CT molecular complexity index is 86.9. The maximum Gasteiger partial charge on any atom is 0.340 e. The van der Waals surface area contributed by atoms with Crippen LogP contribution in [0, 0.1) is 0 Å². The number of carbonyl (C=O) groups is 1. The fraction of sp³-hybridized carbons (Fsp3) is 0.250. The highest BCUT2D eigenvalue weighted by molar-refractivity contribution is 5.73. The van der Waals surface area contributed by atoms with Gasteiger partial charge in [-0.3, -0.25) is 0 Å². The average Bonchev–Trinajstić information content (AvgIpc) is 1.65. The second-order valence-corrected chi connectivity index (χ2v) is 0.995. The van der Waals surface area contributed by atoms with Crippen LogP contribution in [-0.4, -0.2) is 17.2 Å². The van der Waals surface area contributed by atoms with Crippen LogP contribution < -0.4 is 0 Å². The first-order valence-corrected chi connectivity index (χ1v) is 1.69. The molecule has 0 amide bonds. The Morgan fingerprint density at radius 2 is 2.29 bits per heavy atom. The van der Waals surface area contributed by atoms with E-state index in [0.29, 0.717) is 0 Å². The highest BCUT2D eigenvalue weighted by atomic mass is 16.4. The lowest BCUT2D eigenvalue weighted by Crippen LogP contribution is -2.13. The van der Waals surface area contributed by atoms with Gasteiger partial charge in [0.25, 0.3) is 0 Å². The van der Waals surface area contributed by atoms with E-state index in [2.05, 4.69) is 6.58 Å². The monoisotopic (exact) mass is 101 g/mol. The van der Waals surface area contributed by atoms with E-state index in [0.717, 1.165) is 6.08 Å². The molecule has 1 atom stereocenters. The number of carboxylic acid groups (broad SMARTS) is 1. The first-order chi connectivity index (χ1) is 3.18. The lowest BCUT2D eigenvalue weighted by atomic mass is 10.4. The van der Waals surface area contributed by atoms with Gasteiger partial charge in [0.1, 0.15) is 0 Å². The minimum atomic E-state index is -1.67. The van der Waals surface area contributed by atoms with E-state index in [1.807, 2.05) is 0 Å². The van der Waals surface area contributed by atoms with Crippen molar-refractivity contribution in [2.45, 2.75) is 6.10 Å². The molecule has 39 valence electrons. The van der Waals surface area contributed by atoms with Crippen LogP contribution in [0.3, 0.4) is 0 Å². The van der Waals surface area contributed by atoms with Gasteiger partial charge in [-0.15, -0.1) is 0 Å². The molecule has 0 bridgehead atoms. The van der Waals surface area contributed by atoms with Gasteiger partial charge >= 0.3 is 5.97 Å². The Morgan fingerprint density at radius 3 is 2.29 bits per heavy atom. The Labute approximate surface area is 40.9 Å². The van der Waals surface area contributed by atoms with E-state index >= 15 is 0 Å². The maximum absolute atomic E-state index is 9.88. The largest absolute Gasteiger partial charge is 0.479 e. The molecule has 0 aromatic rings. The summed E-state index contributed by atoms with van der Waals surface area (Å²) in [5, 5.41) is 17.7. The fourth-order valence-corrected chi connectivity index (χ4v) is 0.101. The SMILES string of the molecule is C=CC([O])C(=O)O. The van der Waals surface area contributed by atoms with Crippen LogP contribution in [0.5, 0.6) is 0 Å². The first-order valence-electron chi connectivity index (χ1n) is 1.69. The van der Waals surface area contributed by atoms with Crippen LogP contribution >= 0.6 is 0 Å². The molecular formula is C4H5O3. The van der Waals surface area contributed by atoms with Crippen molar-refractivity contribution in [1.82, 2.24) is 0 Å². The van der Waals surface area contributed by atoms with Crippen molar-refractivity contribution in [3.8, 4) is 0 Å². The smallest absolute Gasteiger partial charge is 0.340 e. The van der Waals surface area contributed by atoms with Gasteiger partial charge in [-0.1, -0.05) is 6.58 Å². The third-order valence-electron chi connectivity index (χ3n) is 0.457. The molecule has 3 heteroatoms. The average molecular weight is 101 g/mol. The van der Waals surface area contributed by atoms with Gasteiger partial charge in [0.15, 0.2) is 0 Å². The van der Waals surface area contributed by atoms with E-state index in [9.17, 15) is 9.90 Å². The number of aliphatic carboxylic acids is 1. The summed E-state index contributed by atoms with van der Waals surface area (Å²) in [6.45, 7) is 2.99. The minimum absolute atomic E-state index is 0.836. The van der Waals surface area contributed by atoms with Crippen LogP contribution in [0.15, 0.2) is 12.7 Å². The number of carboxylic acids is 1. The fourth-order valence-electron chi connectivity index (χ4n) is 0.101. The zero-order valence-corrected chi connectivity index (χ0v) is 3.63. The lowest BCUT2D eigenvalue weighted by Gasteiger charge is -1.88. The van der Waals surface area contributed by atoms with Crippen LogP contribution in [-0.2, 0) is 9.90 Å². The van der Waals surface area contributed by atoms with Crippen molar-refractivity contribution in [1.29, 1.82) is 0 Å². The molecule has 0 aliphatic heterocycles. The van der Waals surface area contributed by atoms with E-state index in [1.165, 1.54) is 0 Å². The summed E-state index contributed by atoms with van der Waals surface area (Å²) in [6.07, 6.45) is -0.831. The molecule has 0 saturated heterocycles. The topological polar surface area (TPSA) is 57.2 Å². The molecule has 0 aromatic carbocycles. The normalized spacial score (nSPS) is 12.7. The Balaban J connectivity index is 3.55. The zero-order valence-electron chi connectivity index (χ0n) is 3.63. The molecule has 0 fully saturated rings. The maximum atomic E-state index is 9.88. The van der Waals surface area contributed by atoms with Gasteiger partial charge < -0.3 is 5.11 Å². The standard InChI is InChI=1S/C4H5O3/c1-2-3(5)4(6)7/h2-3H,1H2,(H,6,7). The van der Waals surface area contributed by atoms with Crippen molar-refractivity contribution in [3.05, 3.63) is 12.7 Å². The summed E-state index contributed by atoms with van der Waals surface area (Å²) in [4.78, 5) is 9.55. The van der Waals surface area contributed by atoms with Gasteiger partial charge in [-0.2, -0.15) is 0 Å². The molecule has 0 aromatic heterocycles. The molecule has 0 saturated carbocycles. The molecule has 0 rings (SSSR count). The predicted octanol–water partition coefficient (Wildman–Crippen LogP) is 0.0561. The minimum Gasteiger partial charge on any atom is -0.479 e. The molecule has 3 nitrogen and oxygen atoms in total. The molecule has 1 N–H and O–H groups in total. The van der Waals surface area contributed by atoms with E-state index in [1.54, 1.807) is 0 Å². The van der Waals surface area contributed by atoms with Crippen LogP contribution in [0.2, 0.25) is 0 Å². The van der Waals surface area contributed by atoms with Crippen molar-refractivity contribution < 1.29 is 15.0 Å². The van der Waals surface area contributed by atoms with Gasteiger partial charge in [0.2, 0.25) is 6.10 Å². The van der Waals surface area contributed by atoms with Crippen molar-refractivity contribution in [2.24, 2.45) is 0 Å². The second kappa shape index (κ2) is 2.36. The van der Waals surface area contributed by atoms with Crippen LogP contribution in [0.1, 0.15) is 0 Å². The summed E-state index contributed by atoms with van der Waals surface area (Å²) in [6, 6.07) is 0. The highest BCUT2D eigenvalue weighted by Crippen LogP contribution is 1.81. The third-order valence-corrected chi connectivity index (χ3v) is 0.457. The van der Waals surface area contributed by atoms with Crippen LogP contribution in [0.25, 0.3) is 0 Å². The third kappa shape index (κ3) is 1.94. The summed E-state index contributed by atoms with van der Waals surface area (Å²) < 4.78 is 0. The van der Waals surface area contributed by atoms with Gasteiger partial charge in [0.05, 0.1) is 0 Å². The first kappa shape index (κ1) is 6.17. The predicted molar refractivity (Wildman–Crippen MR) is 22.3 cm³/mol. The zero-order chi connectivity index (χ0) is 5.86. The highest BCUT2D eigenvalue weighted by Gasteiger charge is 2.07. The summed E-state index contributed by atoms with van der Waals surface area (Å²) in [7, 11) is 0. The van der Waals surface area contributed by atoms with Gasteiger partial charge in [0, 0.05) is 0 Å². The van der Waals surface area contributed by atoms with E-state index < -0.39 is 12.1 Å². The van der Waals surface area contributed by atoms with Crippen molar-refractivity contribution in [2.75, 3.05) is 0 Å². The molecule has 0 spiro atoms. The van der Waals surface area contributed by atoms with Gasteiger partial charge in [-0.25, -0.2) is 9.90 Å². The van der Waals surface area contributed by atoms with Crippen LogP contribution in [0.4, 0.5) is 0 Å². The second-order valence-electron chi connectivity index (χ2n) is 0.995. The molecule has 7 heavy (non-hydrogen) atoms. The van der Waals surface area contributed by atoms with E-state index in [4.69, 9.17) is 5.11 Å². The summed E-state index contributed by atoms with van der Waals surface area (Å²) >= 11 is 0.